The normalized spacial score (nSPS) is 19.8. The number of alkyl halides is 2. The first-order valence-corrected chi connectivity index (χ1v) is 7.71. The lowest BCUT2D eigenvalue weighted by atomic mass is 10.1. The van der Waals surface area contributed by atoms with Gasteiger partial charge in [-0.05, 0) is 25.7 Å². The van der Waals surface area contributed by atoms with Crippen LogP contribution in [0.2, 0.25) is 0 Å². The van der Waals surface area contributed by atoms with E-state index in [-0.39, 0.29) is 25.1 Å². The van der Waals surface area contributed by atoms with Crippen molar-refractivity contribution < 1.29 is 13.9 Å². The lowest BCUT2D eigenvalue weighted by Crippen LogP contribution is -2.49. The van der Waals surface area contributed by atoms with Gasteiger partial charge >= 0.3 is 0 Å². The number of nitrogens with zero attached hydrogens (tertiary/aromatic N) is 2. The minimum Gasteiger partial charge on any atom is -0.396 e. The summed E-state index contributed by atoms with van der Waals surface area (Å²) in [7, 11) is 0. The molecule has 1 rings (SSSR count). The van der Waals surface area contributed by atoms with Gasteiger partial charge in [-0.25, -0.2) is 8.78 Å². The van der Waals surface area contributed by atoms with Gasteiger partial charge in [-0.2, -0.15) is 0 Å². The Balaban J connectivity index is 2.39. The monoisotopic (exact) mass is 306 g/mol. The molecule has 1 unspecified atom stereocenters. The van der Waals surface area contributed by atoms with Crippen LogP contribution in [0, 0.1) is 5.92 Å². The second kappa shape index (κ2) is 9.89. The Morgan fingerprint density at radius 3 is 2.57 bits per heavy atom. The number of guanidine groups is 1. The van der Waals surface area contributed by atoms with E-state index in [0.29, 0.717) is 19.6 Å². The van der Waals surface area contributed by atoms with Crippen molar-refractivity contribution in [3.8, 4) is 0 Å². The van der Waals surface area contributed by atoms with E-state index < -0.39 is 6.43 Å². The number of halogens is 2. The Morgan fingerprint density at radius 1 is 1.38 bits per heavy atom. The van der Waals surface area contributed by atoms with Crippen molar-refractivity contribution in [2.45, 2.75) is 39.2 Å². The van der Waals surface area contributed by atoms with Crippen LogP contribution in [0.1, 0.15) is 26.7 Å². The molecule has 0 aromatic rings. The van der Waals surface area contributed by atoms with E-state index in [4.69, 9.17) is 5.11 Å². The van der Waals surface area contributed by atoms with Crippen LogP contribution in [0.5, 0.6) is 0 Å². The van der Waals surface area contributed by atoms with Crippen LogP contribution >= 0.6 is 0 Å². The van der Waals surface area contributed by atoms with E-state index in [1.165, 1.54) is 0 Å². The molecule has 0 saturated carbocycles. The van der Waals surface area contributed by atoms with E-state index in [1.807, 2.05) is 13.8 Å². The Morgan fingerprint density at radius 2 is 2.05 bits per heavy atom. The predicted molar refractivity (Wildman–Crippen MR) is 80.8 cm³/mol. The summed E-state index contributed by atoms with van der Waals surface area (Å²) in [5.41, 5.74) is 0. The molecule has 1 heterocycles. The van der Waals surface area contributed by atoms with Crippen molar-refractivity contribution in [3.63, 3.8) is 0 Å². The smallest absolute Gasteiger partial charge is 0.251 e. The summed E-state index contributed by atoms with van der Waals surface area (Å²) in [4.78, 5) is 6.25. The van der Waals surface area contributed by atoms with Crippen LogP contribution in [0.25, 0.3) is 0 Å². The van der Waals surface area contributed by atoms with Crippen LogP contribution < -0.4 is 10.6 Å². The first kappa shape index (κ1) is 18.1. The maximum atomic E-state index is 12.3. The van der Waals surface area contributed by atoms with Crippen LogP contribution in [0.15, 0.2) is 4.99 Å². The number of likely N-dealkylation sites (tertiary alicyclic amines) is 1. The lowest BCUT2D eigenvalue weighted by molar-refractivity contribution is 0.0744. The van der Waals surface area contributed by atoms with Crippen molar-refractivity contribution in [2.24, 2.45) is 10.9 Å². The Kier molecular flexibility index (Phi) is 8.52. The number of nitrogens with one attached hydrogen (secondary N) is 2. The number of piperidine rings is 1. The molecule has 5 nitrogen and oxygen atoms in total. The van der Waals surface area contributed by atoms with E-state index in [2.05, 4.69) is 15.6 Å². The molecule has 0 aliphatic carbocycles. The first-order chi connectivity index (χ1) is 10.0. The Bertz CT molecular complexity index is 307. The van der Waals surface area contributed by atoms with Gasteiger partial charge in [0.25, 0.3) is 6.43 Å². The molecule has 1 aliphatic rings. The van der Waals surface area contributed by atoms with Gasteiger partial charge in [0, 0.05) is 38.8 Å². The summed E-state index contributed by atoms with van der Waals surface area (Å²) in [6.07, 6.45) is -0.576. The molecular weight excluding hydrogens is 278 g/mol. The maximum absolute atomic E-state index is 12.3. The van der Waals surface area contributed by atoms with E-state index in [1.54, 1.807) is 4.90 Å². The van der Waals surface area contributed by atoms with Crippen LogP contribution in [-0.4, -0.2) is 67.8 Å². The molecule has 0 aromatic carbocycles. The van der Waals surface area contributed by atoms with Gasteiger partial charge in [0.15, 0.2) is 5.96 Å². The molecule has 1 aliphatic heterocycles. The zero-order chi connectivity index (χ0) is 15.7. The van der Waals surface area contributed by atoms with Crippen molar-refractivity contribution in [1.29, 1.82) is 0 Å². The topological polar surface area (TPSA) is 59.9 Å². The van der Waals surface area contributed by atoms with Gasteiger partial charge in [0.1, 0.15) is 0 Å². The van der Waals surface area contributed by atoms with Gasteiger partial charge in [0.05, 0.1) is 6.54 Å². The quantitative estimate of drug-likeness (QED) is 0.483. The Hall–Kier alpha value is -0.950. The van der Waals surface area contributed by atoms with Crippen molar-refractivity contribution in [3.05, 3.63) is 0 Å². The molecule has 1 atom stereocenters. The number of rotatable bonds is 7. The second-order valence-electron chi connectivity index (χ2n) is 5.62. The molecule has 3 N–H and O–H groups in total. The summed E-state index contributed by atoms with van der Waals surface area (Å²) in [5.74, 6) is 0.874. The number of aliphatic hydroxyl groups is 1. The lowest BCUT2D eigenvalue weighted by Gasteiger charge is -2.32. The predicted octanol–water partition coefficient (Wildman–Crippen LogP) is 0.899. The third-order valence-corrected chi connectivity index (χ3v) is 3.54. The van der Waals surface area contributed by atoms with Crippen LogP contribution in [-0.2, 0) is 0 Å². The minimum absolute atomic E-state index is 0.120. The highest BCUT2D eigenvalue weighted by molar-refractivity contribution is 5.80. The third kappa shape index (κ3) is 7.57. The third-order valence-electron chi connectivity index (χ3n) is 3.54. The molecule has 0 amide bonds. The van der Waals surface area contributed by atoms with Gasteiger partial charge in [-0.3, -0.25) is 9.89 Å². The van der Waals surface area contributed by atoms with Crippen molar-refractivity contribution >= 4 is 5.96 Å². The molecule has 0 spiro atoms. The molecule has 1 saturated heterocycles. The summed E-state index contributed by atoms with van der Waals surface area (Å²) < 4.78 is 24.7. The summed E-state index contributed by atoms with van der Waals surface area (Å²) in [5, 5.41) is 15.6. The molecule has 0 aromatic heterocycles. The SMILES string of the molecule is CCNC(=NCC(C)CO)NC1CCN(CC(F)F)CC1. The first-order valence-electron chi connectivity index (χ1n) is 7.71. The Labute approximate surface area is 125 Å². The highest BCUT2D eigenvalue weighted by atomic mass is 19.3. The molecule has 7 heteroatoms. The maximum Gasteiger partial charge on any atom is 0.251 e. The van der Waals surface area contributed by atoms with Gasteiger partial charge < -0.3 is 15.7 Å². The zero-order valence-electron chi connectivity index (χ0n) is 13.0. The molecule has 0 radical (unpaired) electrons. The number of aliphatic imine (C=N–C) groups is 1. The summed E-state index contributed by atoms with van der Waals surface area (Å²) >= 11 is 0. The fourth-order valence-electron chi connectivity index (χ4n) is 2.27. The zero-order valence-corrected chi connectivity index (χ0v) is 13.0. The largest absolute Gasteiger partial charge is 0.396 e. The van der Waals surface area contributed by atoms with Gasteiger partial charge in [-0.15, -0.1) is 0 Å². The molecule has 1 fully saturated rings. The average Bonchev–Trinajstić information content (AvgIpc) is 2.46. The van der Waals surface area contributed by atoms with Crippen LogP contribution in [0.4, 0.5) is 8.78 Å². The van der Waals surface area contributed by atoms with E-state index in [0.717, 1.165) is 25.3 Å². The summed E-state index contributed by atoms with van der Waals surface area (Å²) in [6.45, 7) is 6.64. The van der Waals surface area contributed by atoms with Crippen molar-refractivity contribution in [1.82, 2.24) is 15.5 Å². The van der Waals surface area contributed by atoms with Gasteiger partial charge in [-0.1, -0.05) is 6.92 Å². The number of aliphatic hydroxyl groups excluding tert-OH is 1. The second-order valence-corrected chi connectivity index (χ2v) is 5.62. The fourth-order valence-corrected chi connectivity index (χ4v) is 2.27. The standard InChI is InChI=1S/C14H28F2N4O/c1-3-17-14(18-8-11(2)10-21)19-12-4-6-20(7-5-12)9-13(15)16/h11-13,21H,3-10H2,1-2H3,(H2,17,18,19). The number of hydrogen-bond acceptors (Lipinski definition) is 3. The number of hydrogen-bond donors (Lipinski definition) is 3. The molecule has 0 bridgehead atoms. The average molecular weight is 306 g/mol. The highest BCUT2D eigenvalue weighted by Gasteiger charge is 2.21. The summed E-state index contributed by atoms with van der Waals surface area (Å²) in [6, 6.07) is 0.265. The molecular formula is C14H28F2N4O. The minimum atomic E-state index is -2.26. The molecule has 124 valence electrons. The van der Waals surface area contributed by atoms with Crippen molar-refractivity contribution in [2.75, 3.05) is 39.3 Å². The van der Waals surface area contributed by atoms with E-state index in [9.17, 15) is 8.78 Å². The highest BCUT2D eigenvalue weighted by Crippen LogP contribution is 2.11. The molecule has 21 heavy (non-hydrogen) atoms. The van der Waals surface area contributed by atoms with Crippen LogP contribution in [0.3, 0.4) is 0 Å². The van der Waals surface area contributed by atoms with E-state index >= 15 is 0 Å². The fraction of sp³-hybridized carbons (Fsp3) is 0.929. The van der Waals surface area contributed by atoms with Gasteiger partial charge in [0.2, 0.25) is 0 Å².